The number of aliphatic imine (C=N–C) groups is 1. The van der Waals surface area contributed by atoms with Gasteiger partial charge < -0.3 is 19.7 Å². The van der Waals surface area contributed by atoms with E-state index in [1.807, 2.05) is 23.9 Å². The van der Waals surface area contributed by atoms with Crippen molar-refractivity contribution in [2.45, 2.75) is 37.2 Å². The Morgan fingerprint density at radius 3 is 2.61 bits per heavy atom. The maximum absolute atomic E-state index is 5.95. The minimum Gasteiger partial charge on any atom is -0.385 e. The largest absolute Gasteiger partial charge is 0.385 e. The number of hydrogen-bond donors (Lipinski definition) is 1. The fourth-order valence-corrected chi connectivity index (χ4v) is 3.83. The van der Waals surface area contributed by atoms with Crippen molar-refractivity contribution in [3.63, 3.8) is 0 Å². The molecule has 0 bridgehead atoms. The zero-order chi connectivity index (χ0) is 19.3. The molecule has 160 valence electrons. The van der Waals surface area contributed by atoms with Crippen LogP contribution < -0.4 is 5.32 Å². The summed E-state index contributed by atoms with van der Waals surface area (Å²) in [6.45, 7) is 7.33. The quantitative estimate of drug-likeness (QED) is 0.155. The summed E-state index contributed by atoms with van der Waals surface area (Å²) in [5.74, 6) is 1.97. The molecule has 0 aromatic heterocycles. The SMILES string of the molecule is CCNC(=NCCSc1ccc(Cl)cc1)N1CCC(OCCCOC)CC1.I. The van der Waals surface area contributed by atoms with Gasteiger partial charge in [-0.25, -0.2) is 0 Å². The first-order chi connectivity index (χ1) is 13.2. The van der Waals surface area contributed by atoms with Crippen molar-refractivity contribution >= 4 is 53.3 Å². The van der Waals surface area contributed by atoms with Crippen LogP contribution in [0.25, 0.3) is 0 Å². The third kappa shape index (κ3) is 10.0. The number of guanidine groups is 1. The molecule has 1 N–H and O–H groups in total. The summed E-state index contributed by atoms with van der Waals surface area (Å²) < 4.78 is 11.0. The van der Waals surface area contributed by atoms with Crippen molar-refractivity contribution in [3.05, 3.63) is 29.3 Å². The van der Waals surface area contributed by atoms with Gasteiger partial charge in [0.05, 0.1) is 12.6 Å². The van der Waals surface area contributed by atoms with Gasteiger partial charge in [-0.3, -0.25) is 4.99 Å². The highest BCUT2D eigenvalue weighted by atomic mass is 127. The second-order valence-electron chi connectivity index (χ2n) is 6.44. The summed E-state index contributed by atoms with van der Waals surface area (Å²) in [6, 6.07) is 7.97. The van der Waals surface area contributed by atoms with Crippen LogP contribution in [-0.2, 0) is 9.47 Å². The van der Waals surface area contributed by atoms with Crippen molar-refractivity contribution < 1.29 is 9.47 Å². The number of halogens is 2. The lowest BCUT2D eigenvalue weighted by Crippen LogP contribution is -2.47. The van der Waals surface area contributed by atoms with E-state index in [0.717, 1.165) is 75.4 Å². The molecule has 1 aromatic carbocycles. The van der Waals surface area contributed by atoms with Crippen LogP contribution >= 0.6 is 47.3 Å². The number of nitrogens with one attached hydrogen (secondary N) is 1. The second-order valence-corrected chi connectivity index (χ2v) is 8.05. The molecular weight excluding hydrogens is 509 g/mol. The predicted molar refractivity (Wildman–Crippen MR) is 131 cm³/mol. The molecule has 1 aliphatic heterocycles. The number of rotatable bonds is 10. The third-order valence-corrected chi connectivity index (χ3v) is 5.60. The van der Waals surface area contributed by atoms with E-state index in [2.05, 4.69) is 29.3 Å². The first-order valence-electron chi connectivity index (χ1n) is 9.75. The molecule has 0 aliphatic carbocycles. The molecule has 1 heterocycles. The van der Waals surface area contributed by atoms with Crippen LogP contribution in [0.1, 0.15) is 26.2 Å². The van der Waals surface area contributed by atoms with E-state index in [0.29, 0.717) is 6.10 Å². The number of hydrogen-bond acceptors (Lipinski definition) is 4. The van der Waals surface area contributed by atoms with Crippen molar-refractivity contribution in [1.29, 1.82) is 0 Å². The molecule has 0 amide bonds. The van der Waals surface area contributed by atoms with E-state index in [1.54, 1.807) is 7.11 Å². The summed E-state index contributed by atoms with van der Waals surface area (Å²) in [4.78, 5) is 8.39. The van der Waals surface area contributed by atoms with Gasteiger partial charge >= 0.3 is 0 Å². The Hall–Kier alpha value is -0.220. The number of likely N-dealkylation sites (tertiary alicyclic amines) is 1. The molecule has 0 atom stereocenters. The first kappa shape index (κ1) is 25.8. The number of piperidine rings is 1. The van der Waals surface area contributed by atoms with Gasteiger partial charge in [0, 0.05) is 55.6 Å². The lowest BCUT2D eigenvalue weighted by atomic mass is 10.1. The van der Waals surface area contributed by atoms with Crippen LogP contribution in [0.2, 0.25) is 5.02 Å². The van der Waals surface area contributed by atoms with E-state index in [-0.39, 0.29) is 24.0 Å². The lowest BCUT2D eigenvalue weighted by molar-refractivity contribution is 0.00991. The van der Waals surface area contributed by atoms with E-state index in [4.69, 9.17) is 26.1 Å². The fourth-order valence-electron chi connectivity index (χ4n) is 2.96. The average Bonchev–Trinajstić information content (AvgIpc) is 2.69. The van der Waals surface area contributed by atoms with Crippen LogP contribution in [0.15, 0.2) is 34.2 Å². The molecule has 28 heavy (non-hydrogen) atoms. The van der Waals surface area contributed by atoms with E-state index < -0.39 is 0 Å². The van der Waals surface area contributed by atoms with Gasteiger partial charge in [0.15, 0.2) is 5.96 Å². The third-order valence-electron chi connectivity index (χ3n) is 4.36. The van der Waals surface area contributed by atoms with E-state index in [1.165, 1.54) is 4.90 Å². The molecule has 5 nitrogen and oxygen atoms in total. The van der Waals surface area contributed by atoms with Crippen molar-refractivity contribution in [2.75, 3.05) is 52.3 Å². The fraction of sp³-hybridized carbons (Fsp3) is 0.650. The minimum absolute atomic E-state index is 0. The molecule has 0 unspecified atom stereocenters. The molecule has 1 aromatic rings. The van der Waals surface area contributed by atoms with Crippen LogP contribution in [0, 0.1) is 0 Å². The monoisotopic (exact) mass is 541 g/mol. The highest BCUT2D eigenvalue weighted by Crippen LogP contribution is 2.20. The number of thioether (sulfide) groups is 1. The van der Waals surface area contributed by atoms with Crippen LogP contribution in [-0.4, -0.2) is 69.2 Å². The van der Waals surface area contributed by atoms with Crippen molar-refractivity contribution in [2.24, 2.45) is 4.99 Å². The Labute approximate surface area is 196 Å². The lowest BCUT2D eigenvalue weighted by Gasteiger charge is -2.34. The minimum atomic E-state index is 0. The summed E-state index contributed by atoms with van der Waals surface area (Å²) in [5, 5.41) is 4.20. The highest BCUT2D eigenvalue weighted by Gasteiger charge is 2.21. The normalized spacial score (nSPS) is 15.4. The van der Waals surface area contributed by atoms with Crippen molar-refractivity contribution in [3.8, 4) is 0 Å². The summed E-state index contributed by atoms with van der Waals surface area (Å²) in [5.41, 5.74) is 0. The zero-order valence-electron chi connectivity index (χ0n) is 16.9. The Morgan fingerprint density at radius 2 is 1.96 bits per heavy atom. The Morgan fingerprint density at radius 1 is 1.25 bits per heavy atom. The van der Waals surface area contributed by atoms with E-state index in [9.17, 15) is 0 Å². The van der Waals surface area contributed by atoms with Crippen molar-refractivity contribution in [1.82, 2.24) is 10.2 Å². The number of nitrogens with zero attached hydrogens (tertiary/aromatic N) is 2. The van der Waals surface area contributed by atoms with Gasteiger partial charge in [-0.05, 0) is 50.5 Å². The van der Waals surface area contributed by atoms with Crippen LogP contribution in [0.3, 0.4) is 0 Å². The molecular formula is C20H33ClIN3O2S. The number of ether oxygens (including phenoxy) is 2. The second kappa shape index (κ2) is 15.6. The maximum atomic E-state index is 5.95. The predicted octanol–water partition coefficient (Wildman–Crippen LogP) is 4.53. The molecule has 0 radical (unpaired) electrons. The molecule has 1 aliphatic rings. The van der Waals surface area contributed by atoms with Gasteiger partial charge in [0.1, 0.15) is 0 Å². The molecule has 0 spiro atoms. The van der Waals surface area contributed by atoms with Gasteiger partial charge in [0.25, 0.3) is 0 Å². The Balaban J connectivity index is 0.00000392. The summed E-state index contributed by atoms with van der Waals surface area (Å²) in [7, 11) is 1.73. The molecule has 1 fully saturated rings. The Bertz CT molecular complexity index is 555. The van der Waals surface area contributed by atoms with Crippen LogP contribution in [0.5, 0.6) is 0 Å². The average molecular weight is 542 g/mol. The molecule has 1 saturated heterocycles. The topological polar surface area (TPSA) is 46.1 Å². The summed E-state index contributed by atoms with van der Waals surface area (Å²) in [6.07, 6.45) is 3.43. The molecule has 2 rings (SSSR count). The zero-order valence-corrected chi connectivity index (χ0v) is 20.8. The summed E-state index contributed by atoms with van der Waals surface area (Å²) >= 11 is 7.74. The standard InChI is InChI=1S/C20H32ClN3O2S.HI/c1-3-22-20(23-11-16-27-19-7-5-17(21)6-8-19)24-12-9-18(10-13-24)26-15-4-14-25-2;/h5-8,18H,3-4,9-16H2,1-2H3,(H,22,23);1H. The smallest absolute Gasteiger partial charge is 0.193 e. The maximum Gasteiger partial charge on any atom is 0.193 e. The van der Waals surface area contributed by atoms with Gasteiger partial charge in [-0.15, -0.1) is 35.7 Å². The molecule has 0 saturated carbocycles. The molecule has 8 heteroatoms. The number of benzene rings is 1. The first-order valence-corrected chi connectivity index (χ1v) is 11.1. The highest BCUT2D eigenvalue weighted by molar-refractivity contribution is 14.0. The number of methoxy groups -OCH3 is 1. The van der Waals surface area contributed by atoms with Gasteiger partial charge in [-0.2, -0.15) is 0 Å². The van der Waals surface area contributed by atoms with E-state index >= 15 is 0 Å². The van der Waals surface area contributed by atoms with Gasteiger partial charge in [-0.1, -0.05) is 11.6 Å². The van der Waals surface area contributed by atoms with Crippen LogP contribution in [0.4, 0.5) is 0 Å². The van der Waals surface area contributed by atoms with Gasteiger partial charge in [0.2, 0.25) is 0 Å². The Kier molecular flexibility index (Phi) is 14.4.